The second kappa shape index (κ2) is 10.0. The summed E-state index contributed by atoms with van der Waals surface area (Å²) in [6, 6.07) is 13.6. The molecule has 0 spiro atoms. The molecule has 2 aromatic carbocycles. The zero-order valence-corrected chi connectivity index (χ0v) is 23.8. The number of rotatable bonds is 6. The second-order valence-corrected chi connectivity index (χ2v) is 12.3. The van der Waals surface area contributed by atoms with Crippen LogP contribution in [0.5, 0.6) is 11.5 Å². The van der Waals surface area contributed by atoms with Gasteiger partial charge in [-0.2, -0.15) is 0 Å². The van der Waals surface area contributed by atoms with Gasteiger partial charge >= 0.3 is 5.97 Å². The molecule has 3 aromatic rings. The van der Waals surface area contributed by atoms with E-state index >= 15 is 0 Å². The lowest BCUT2D eigenvalue weighted by atomic mass is 9.54. The minimum atomic E-state index is -0.342. The quantitative estimate of drug-likeness (QED) is 0.346. The molecule has 1 amide bonds. The van der Waals surface area contributed by atoms with Crippen molar-refractivity contribution in [2.45, 2.75) is 57.3 Å². The molecule has 1 heterocycles. The number of carbonyl (C=O) groups is 2. The summed E-state index contributed by atoms with van der Waals surface area (Å²) in [4.78, 5) is 27.8. The topological polar surface area (TPSA) is 73.9 Å². The van der Waals surface area contributed by atoms with Crippen LogP contribution in [0.25, 0.3) is 0 Å². The maximum Gasteiger partial charge on any atom is 0.341 e. The van der Waals surface area contributed by atoms with E-state index in [1.807, 2.05) is 6.92 Å². The Morgan fingerprint density at radius 1 is 1.05 bits per heavy atom. The van der Waals surface area contributed by atoms with Gasteiger partial charge in [-0.05, 0) is 115 Å². The third kappa shape index (κ3) is 4.22. The highest BCUT2D eigenvalue weighted by molar-refractivity contribution is 7.17. The van der Waals surface area contributed by atoms with Crippen LogP contribution in [0.4, 0.5) is 5.00 Å². The first-order valence-corrected chi connectivity index (χ1v) is 14.6. The minimum Gasteiger partial charge on any atom is -0.497 e. The van der Waals surface area contributed by atoms with Crippen molar-refractivity contribution in [1.82, 2.24) is 0 Å². The van der Waals surface area contributed by atoms with Crippen molar-refractivity contribution in [2.24, 2.45) is 11.8 Å². The average molecular weight is 546 g/mol. The SMILES string of the molecule is CCOC(=O)c1c(NC(=O)c2ccc(OC)cc2)sc2c1[C@]1(C)CC[C@H]3c4ccc(OC)cc4CC[C@@H]3[C@@H]1C2. The summed E-state index contributed by atoms with van der Waals surface area (Å²) in [5.41, 5.74) is 4.96. The van der Waals surface area contributed by atoms with Crippen LogP contribution >= 0.6 is 11.3 Å². The van der Waals surface area contributed by atoms with E-state index in [0.717, 1.165) is 43.4 Å². The van der Waals surface area contributed by atoms with Gasteiger partial charge in [-0.15, -0.1) is 11.3 Å². The highest BCUT2D eigenvalue weighted by Crippen LogP contribution is 2.63. The van der Waals surface area contributed by atoms with Crippen LogP contribution in [-0.4, -0.2) is 32.7 Å². The Bertz CT molecular complexity index is 1430. The molecule has 6 rings (SSSR count). The number of esters is 1. The monoisotopic (exact) mass is 545 g/mol. The summed E-state index contributed by atoms with van der Waals surface area (Å²) in [6.45, 7) is 4.46. The number of methoxy groups -OCH3 is 2. The van der Waals surface area contributed by atoms with E-state index in [2.05, 4.69) is 30.4 Å². The van der Waals surface area contributed by atoms with Gasteiger partial charge in [-0.25, -0.2) is 4.79 Å². The van der Waals surface area contributed by atoms with Gasteiger partial charge in [0.2, 0.25) is 0 Å². The maximum absolute atomic E-state index is 13.4. The number of benzene rings is 2. The Kier molecular flexibility index (Phi) is 6.66. The number of hydrogen-bond acceptors (Lipinski definition) is 6. The number of amides is 1. The van der Waals surface area contributed by atoms with Crippen LogP contribution in [0.1, 0.15) is 81.3 Å². The molecule has 1 aromatic heterocycles. The standard InChI is InChI=1S/C32H35NO5S/c1-5-38-31(35)27-28-26(39-30(27)33-29(34)18-6-9-20(36-3)10-7-18)17-25-24-12-8-19-16-21(37-4)11-13-22(19)23(24)14-15-32(25,28)2/h6-7,9-11,13,16,23-25H,5,8,12,14-15,17H2,1-4H3,(H,33,34)/t23-,24-,25-,32+/m0/s1. The van der Waals surface area contributed by atoms with Crippen LogP contribution in [0.15, 0.2) is 42.5 Å². The van der Waals surface area contributed by atoms with Crippen molar-refractivity contribution in [3.8, 4) is 11.5 Å². The molecule has 6 nitrogen and oxygen atoms in total. The molecule has 1 fully saturated rings. The molecule has 3 aliphatic carbocycles. The first-order valence-electron chi connectivity index (χ1n) is 13.8. The summed E-state index contributed by atoms with van der Waals surface area (Å²) in [5, 5.41) is 3.65. The molecule has 7 heteroatoms. The second-order valence-electron chi connectivity index (χ2n) is 11.1. The van der Waals surface area contributed by atoms with Crippen LogP contribution in [0.2, 0.25) is 0 Å². The summed E-state index contributed by atoms with van der Waals surface area (Å²) >= 11 is 1.55. The number of carbonyl (C=O) groups excluding carboxylic acids is 2. The molecule has 0 bridgehead atoms. The number of thiophene rings is 1. The normalized spacial score (nSPS) is 24.6. The Morgan fingerprint density at radius 2 is 1.79 bits per heavy atom. The summed E-state index contributed by atoms with van der Waals surface area (Å²) in [5.74, 6) is 2.60. The van der Waals surface area contributed by atoms with E-state index in [0.29, 0.717) is 46.2 Å². The Morgan fingerprint density at radius 3 is 2.51 bits per heavy atom. The van der Waals surface area contributed by atoms with Gasteiger partial charge in [0.1, 0.15) is 16.5 Å². The van der Waals surface area contributed by atoms with Gasteiger partial charge in [-0.3, -0.25) is 4.79 Å². The summed E-state index contributed by atoms with van der Waals surface area (Å²) < 4.78 is 16.3. The smallest absolute Gasteiger partial charge is 0.341 e. The van der Waals surface area contributed by atoms with E-state index in [9.17, 15) is 9.59 Å². The fraction of sp³-hybridized carbons (Fsp3) is 0.438. The molecule has 0 aliphatic heterocycles. The molecule has 39 heavy (non-hydrogen) atoms. The lowest BCUT2D eigenvalue weighted by Crippen LogP contribution is -2.43. The van der Waals surface area contributed by atoms with Gasteiger partial charge in [0.15, 0.2) is 0 Å². The van der Waals surface area contributed by atoms with Crippen molar-refractivity contribution in [3.63, 3.8) is 0 Å². The van der Waals surface area contributed by atoms with Crippen molar-refractivity contribution < 1.29 is 23.8 Å². The van der Waals surface area contributed by atoms with Crippen LogP contribution in [-0.2, 0) is 23.0 Å². The number of hydrogen-bond donors (Lipinski definition) is 1. The molecule has 0 saturated heterocycles. The van der Waals surface area contributed by atoms with E-state index in [1.54, 1.807) is 49.8 Å². The number of ether oxygens (including phenoxy) is 3. The lowest BCUT2D eigenvalue weighted by Gasteiger charge is -2.49. The van der Waals surface area contributed by atoms with Gasteiger partial charge in [0.25, 0.3) is 5.91 Å². The molecule has 0 radical (unpaired) electrons. The molecular weight excluding hydrogens is 510 g/mol. The highest BCUT2D eigenvalue weighted by atomic mass is 32.1. The third-order valence-electron chi connectivity index (χ3n) is 9.34. The largest absolute Gasteiger partial charge is 0.497 e. The van der Waals surface area contributed by atoms with Crippen LogP contribution < -0.4 is 14.8 Å². The van der Waals surface area contributed by atoms with Crippen molar-refractivity contribution in [1.29, 1.82) is 0 Å². The maximum atomic E-state index is 13.4. The Labute approximate surface area is 233 Å². The fourth-order valence-electron chi connectivity index (χ4n) is 7.52. The molecule has 1 saturated carbocycles. The fourth-order valence-corrected chi connectivity index (χ4v) is 8.90. The van der Waals surface area contributed by atoms with Crippen LogP contribution in [0.3, 0.4) is 0 Å². The number of fused-ring (bicyclic) bond motifs is 7. The molecule has 204 valence electrons. The highest BCUT2D eigenvalue weighted by Gasteiger charge is 2.55. The van der Waals surface area contributed by atoms with E-state index in [4.69, 9.17) is 14.2 Å². The Hall–Kier alpha value is -3.32. The number of nitrogens with one attached hydrogen (secondary N) is 1. The van der Waals surface area contributed by atoms with Gasteiger partial charge in [-0.1, -0.05) is 13.0 Å². The first-order chi connectivity index (χ1) is 18.9. The van der Waals surface area contributed by atoms with E-state index in [1.165, 1.54) is 16.0 Å². The summed E-state index contributed by atoms with van der Waals surface area (Å²) in [6.07, 6.45) is 5.24. The molecular formula is C32H35NO5S. The van der Waals surface area contributed by atoms with Crippen LogP contribution in [0, 0.1) is 11.8 Å². The predicted molar refractivity (Wildman–Crippen MR) is 153 cm³/mol. The average Bonchev–Trinajstić information content (AvgIpc) is 3.46. The Balaban J connectivity index is 1.33. The molecule has 0 unspecified atom stereocenters. The third-order valence-corrected chi connectivity index (χ3v) is 10.5. The van der Waals surface area contributed by atoms with E-state index < -0.39 is 0 Å². The number of anilines is 1. The molecule has 1 N–H and O–H groups in total. The minimum absolute atomic E-state index is 0.123. The van der Waals surface area contributed by atoms with Gasteiger partial charge in [0, 0.05) is 10.4 Å². The molecule has 4 atom stereocenters. The van der Waals surface area contributed by atoms with Crippen molar-refractivity contribution in [3.05, 3.63) is 75.2 Å². The van der Waals surface area contributed by atoms with E-state index in [-0.39, 0.29) is 17.3 Å². The number of aryl methyl sites for hydroxylation is 1. The summed E-state index contributed by atoms with van der Waals surface area (Å²) in [7, 11) is 3.32. The van der Waals surface area contributed by atoms with Crippen molar-refractivity contribution in [2.75, 3.05) is 26.1 Å². The molecule has 3 aliphatic rings. The zero-order valence-electron chi connectivity index (χ0n) is 23.0. The van der Waals surface area contributed by atoms with Crippen molar-refractivity contribution >= 4 is 28.2 Å². The van der Waals surface area contributed by atoms with Gasteiger partial charge in [0.05, 0.1) is 26.4 Å². The zero-order chi connectivity index (χ0) is 27.3. The lowest BCUT2D eigenvalue weighted by molar-refractivity contribution is 0.0519. The first kappa shape index (κ1) is 25.9. The predicted octanol–water partition coefficient (Wildman–Crippen LogP) is 6.76. The van der Waals surface area contributed by atoms with Gasteiger partial charge < -0.3 is 19.5 Å².